The van der Waals surface area contributed by atoms with Crippen molar-refractivity contribution in [1.82, 2.24) is 29.9 Å². The number of pyridine rings is 1. The Bertz CT molecular complexity index is 1010. The second-order valence-corrected chi connectivity index (χ2v) is 6.92. The molecule has 0 saturated carbocycles. The van der Waals surface area contributed by atoms with Crippen molar-refractivity contribution in [3.8, 4) is 0 Å². The summed E-state index contributed by atoms with van der Waals surface area (Å²) in [6.45, 7) is 0.376. The van der Waals surface area contributed by atoms with Crippen molar-refractivity contribution >= 4 is 34.3 Å². The van der Waals surface area contributed by atoms with Gasteiger partial charge in [0.1, 0.15) is 0 Å². The number of hydrogen-bond donors (Lipinski definition) is 2. The summed E-state index contributed by atoms with van der Waals surface area (Å²) in [4.78, 5) is 19.8. The molecule has 0 aliphatic heterocycles. The van der Waals surface area contributed by atoms with Gasteiger partial charge in [0, 0.05) is 18.4 Å². The maximum absolute atomic E-state index is 12.0. The molecule has 0 saturated heterocycles. The van der Waals surface area contributed by atoms with E-state index >= 15 is 0 Å². The van der Waals surface area contributed by atoms with Crippen molar-refractivity contribution < 1.29 is 4.79 Å². The Morgan fingerprint density at radius 2 is 2.04 bits per heavy atom. The van der Waals surface area contributed by atoms with Crippen LogP contribution in [0.1, 0.15) is 18.7 Å². The summed E-state index contributed by atoms with van der Waals surface area (Å²) in [5.74, 6) is 1.58. The van der Waals surface area contributed by atoms with Crippen LogP contribution in [0.3, 0.4) is 0 Å². The van der Waals surface area contributed by atoms with Crippen LogP contribution in [0, 0.1) is 0 Å². The molecule has 3 aromatic heterocycles. The van der Waals surface area contributed by atoms with Crippen LogP contribution >= 0.6 is 11.8 Å². The van der Waals surface area contributed by atoms with Gasteiger partial charge in [-0.15, -0.1) is 10.2 Å². The van der Waals surface area contributed by atoms with Crippen LogP contribution in [0.25, 0.3) is 16.7 Å². The Morgan fingerprint density at radius 3 is 2.96 bits per heavy atom. The second-order valence-electron chi connectivity index (χ2n) is 5.83. The number of H-pyrrole nitrogens is 1. The summed E-state index contributed by atoms with van der Waals surface area (Å²) in [6, 6.07) is 13.7. The number of aromatic nitrogens is 5. The van der Waals surface area contributed by atoms with E-state index in [1.807, 2.05) is 53.1 Å². The third-order valence-corrected chi connectivity index (χ3v) is 4.94. The molecule has 0 radical (unpaired) electrons. The molecule has 0 fully saturated rings. The number of thioether (sulfide) groups is 1. The van der Waals surface area contributed by atoms with Gasteiger partial charge in [0.05, 0.1) is 17.6 Å². The molecule has 0 bridgehead atoms. The van der Waals surface area contributed by atoms with Crippen LogP contribution in [0.15, 0.2) is 53.8 Å². The van der Waals surface area contributed by atoms with Gasteiger partial charge in [-0.1, -0.05) is 30.0 Å². The number of rotatable bonds is 7. The molecular formula is C18H18N6OS. The highest BCUT2D eigenvalue weighted by atomic mass is 32.2. The SMILES string of the molecule is O=C(CCCSc1nc2ccccc2[nH]1)NCc1nnc2ccccn12. The maximum Gasteiger partial charge on any atom is 0.220 e. The molecule has 2 N–H and O–H groups in total. The van der Waals surface area contributed by atoms with E-state index in [1.54, 1.807) is 11.8 Å². The summed E-state index contributed by atoms with van der Waals surface area (Å²) >= 11 is 1.63. The highest BCUT2D eigenvalue weighted by Crippen LogP contribution is 2.20. The van der Waals surface area contributed by atoms with Crippen LogP contribution in [-0.2, 0) is 11.3 Å². The summed E-state index contributed by atoms with van der Waals surface area (Å²) in [6.07, 6.45) is 3.15. The molecular weight excluding hydrogens is 348 g/mol. The van der Waals surface area contributed by atoms with Crippen molar-refractivity contribution in [3.05, 3.63) is 54.5 Å². The number of aromatic amines is 1. The maximum atomic E-state index is 12.0. The standard InChI is InChI=1S/C18H18N6OS/c25-17(19-12-16-23-22-15-8-3-4-10-24(15)16)9-5-11-26-18-20-13-6-1-2-7-14(13)21-18/h1-4,6-8,10H,5,9,11-12H2,(H,19,25)(H,20,21). The monoisotopic (exact) mass is 366 g/mol. The molecule has 0 atom stereocenters. The number of hydrogen-bond acceptors (Lipinski definition) is 5. The Labute approximate surface area is 154 Å². The van der Waals surface area contributed by atoms with Gasteiger partial charge in [-0.25, -0.2) is 4.98 Å². The lowest BCUT2D eigenvalue weighted by atomic mass is 10.3. The first-order valence-corrected chi connectivity index (χ1v) is 9.41. The number of nitrogens with zero attached hydrogens (tertiary/aromatic N) is 4. The third-order valence-electron chi connectivity index (χ3n) is 3.98. The van der Waals surface area contributed by atoms with E-state index in [1.165, 1.54) is 0 Å². The van der Waals surface area contributed by atoms with Gasteiger partial charge in [0.25, 0.3) is 0 Å². The third kappa shape index (κ3) is 3.70. The minimum Gasteiger partial charge on any atom is -0.349 e. The number of amides is 1. The molecule has 8 heteroatoms. The fraction of sp³-hybridized carbons (Fsp3) is 0.222. The molecule has 26 heavy (non-hydrogen) atoms. The predicted octanol–water partition coefficient (Wildman–Crippen LogP) is 2.79. The minimum atomic E-state index is 0.0166. The average Bonchev–Trinajstić information content (AvgIpc) is 3.27. The molecule has 7 nitrogen and oxygen atoms in total. The first-order valence-electron chi connectivity index (χ1n) is 8.42. The van der Waals surface area contributed by atoms with Gasteiger partial charge < -0.3 is 10.3 Å². The minimum absolute atomic E-state index is 0.0166. The van der Waals surface area contributed by atoms with Crippen LogP contribution < -0.4 is 5.32 Å². The first-order chi connectivity index (χ1) is 12.8. The predicted molar refractivity (Wildman–Crippen MR) is 101 cm³/mol. The Kier molecular flexibility index (Phi) is 4.83. The zero-order valence-electron chi connectivity index (χ0n) is 14.1. The first kappa shape index (κ1) is 16.6. The van der Waals surface area contributed by atoms with E-state index in [0.29, 0.717) is 13.0 Å². The second kappa shape index (κ2) is 7.57. The lowest BCUT2D eigenvalue weighted by Gasteiger charge is -2.04. The smallest absolute Gasteiger partial charge is 0.220 e. The van der Waals surface area contributed by atoms with E-state index in [-0.39, 0.29) is 5.91 Å². The van der Waals surface area contributed by atoms with E-state index < -0.39 is 0 Å². The topological polar surface area (TPSA) is 88.0 Å². The lowest BCUT2D eigenvalue weighted by Crippen LogP contribution is -2.23. The molecule has 4 aromatic rings. The van der Waals surface area contributed by atoms with Gasteiger partial charge in [0.15, 0.2) is 16.6 Å². The van der Waals surface area contributed by atoms with Crippen molar-refractivity contribution in [3.63, 3.8) is 0 Å². The van der Waals surface area contributed by atoms with Crippen molar-refractivity contribution in [2.75, 3.05) is 5.75 Å². The summed E-state index contributed by atoms with van der Waals surface area (Å²) in [5.41, 5.74) is 2.78. The summed E-state index contributed by atoms with van der Waals surface area (Å²) in [5, 5.41) is 12.0. The fourth-order valence-corrected chi connectivity index (χ4v) is 3.50. The van der Waals surface area contributed by atoms with Gasteiger partial charge >= 0.3 is 0 Å². The zero-order valence-corrected chi connectivity index (χ0v) is 14.9. The van der Waals surface area contributed by atoms with Crippen LogP contribution in [0.5, 0.6) is 0 Å². The number of nitrogens with one attached hydrogen (secondary N) is 2. The quantitative estimate of drug-likeness (QED) is 0.388. The van der Waals surface area contributed by atoms with Crippen LogP contribution in [0.4, 0.5) is 0 Å². The van der Waals surface area contributed by atoms with Gasteiger partial charge in [-0.2, -0.15) is 0 Å². The molecule has 4 rings (SSSR count). The van der Waals surface area contributed by atoms with Gasteiger partial charge in [0.2, 0.25) is 5.91 Å². The molecule has 3 heterocycles. The van der Waals surface area contributed by atoms with E-state index in [4.69, 9.17) is 0 Å². The fourth-order valence-electron chi connectivity index (χ4n) is 2.68. The molecule has 0 aliphatic rings. The highest BCUT2D eigenvalue weighted by molar-refractivity contribution is 7.99. The zero-order chi connectivity index (χ0) is 17.8. The molecule has 0 aliphatic carbocycles. The Balaban J connectivity index is 1.21. The van der Waals surface area contributed by atoms with E-state index in [9.17, 15) is 4.79 Å². The number of para-hydroxylation sites is 2. The molecule has 0 unspecified atom stereocenters. The van der Waals surface area contributed by atoms with E-state index in [0.717, 1.165) is 39.8 Å². The molecule has 1 amide bonds. The highest BCUT2D eigenvalue weighted by Gasteiger charge is 2.08. The normalized spacial score (nSPS) is 11.2. The average molecular weight is 366 g/mol. The lowest BCUT2D eigenvalue weighted by molar-refractivity contribution is -0.121. The Hall–Kier alpha value is -2.87. The summed E-state index contributed by atoms with van der Waals surface area (Å²) in [7, 11) is 0. The van der Waals surface area contributed by atoms with Crippen molar-refractivity contribution in [2.24, 2.45) is 0 Å². The number of imidazole rings is 1. The molecule has 0 spiro atoms. The van der Waals surface area contributed by atoms with Crippen molar-refractivity contribution in [2.45, 2.75) is 24.5 Å². The number of benzene rings is 1. The van der Waals surface area contributed by atoms with Crippen LogP contribution in [0.2, 0.25) is 0 Å². The number of carbonyl (C=O) groups is 1. The Morgan fingerprint density at radius 1 is 1.15 bits per heavy atom. The van der Waals surface area contributed by atoms with Gasteiger partial charge in [-0.05, 0) is 30.7 Å². The van der Waals surface area contributed by atoms with Crippen molar-refractivity contribution in [1.29, 1.82) is 0 Å². The van der Waals surface area contributed by atoms with Gasteiger partial charge in [-0.3, -0.25) is 9.20 Å². The summed E-state index contributed by atoms with van der Waals surface area (Å²) < 4.78 is 1.87. The largest absolute Gasteiger partial charge is 0.349 e. The van der Waals surface area contributed by atoms with Crippen LogP contribution in [-0.4, -0.2) is 36.2 Å². The molecule has 1 aromatic carbocycles. The number of fused-ring (bicyclic) bond motifs is 2. The van der Waals surface area contributed by atoms with E-state index in [2.05, 4.69) is 25.5 Å². The molecule has 132 valence electrons. The number of carbonyl (C=O) groups excluding carboxylic acids is 1.